The number of hydrogen-bond donors (Lipinski definition) is 1. The zero-order valence-electron chi connectivity index (χ0n) is 15.1. The van der Waals surface area contributed by atoms with E-state index in [9.17, 15) is 4.79 Å². The van der Waals surface area contributed by atoms with Crippen LogP contribution in [0.4, 0.5) is 5.82 Å². The number of ketones is 1. The molecule has 0 bridgehead atoms. The Hall–Kier alpha value is -2.43. The van der Waals surface area contributed by atoms with Crippen LogP contribution < -0.4 is 4.74 Å². The van der Waals surface area contributed by atoms with Crippen molar-refractivity contribution in [3.8, 4) is 5.75 Å². The fraction of sp³-hybridized carbons (Fsp3) is 0.450. The number of aromatic nitrogens is 2. The summed E-state index contributed by atoms with van der Waals surface area (Å²) in [5.41, 5.74) is 4.07. The predicted molar refractivity (Wildman–Crippen MR) is 96.8 cm³/mol. The van der Waals surface area contributed by atoms with E-state index in [1.165, 1.54) is 0 Å². The maximum atomic E-state index is 13.1. The number of hydrogen-bond acceptors (Lipinski definition) is 4. The van der Waals surface area contributed by atoms with E-state index in [4.69, 9.17) is 9.73 Å². The zero-order valence-corrected chi connectivity index (χ0v) is 15.1. The van der Waals surface area contributed by atoms with Crippen LogP contribution in [0.15, 0.2) is 29.3 Å². The van der Waals surface area contributed by atoms with Gasteiger partial charge in [-0.05, 0) is 36.5 Å². The molecule has 0 spiro atoms. The van der Waals surface area contributed by atoms with E-state index in [0.717, 1.165) is 40.5 Å². The lowest BCUT2D eigenvalue weighted by Crippen LogP contribution is -2.42. The highest BCUT2D eigenvalue weighted by molar-refractivity contribution is 6.11. The van der Waals surface area contributed by atoms with Crippen molar-refractivity contribution < 1.29 is 9.53 Å². The lowest BCUT2D eigenvalue weighted by molar-refractivity contribution is -0.124. The minimum absolute atomic E-state index is 0.0317. The number of benzene rings is 1. The van der Waals surface area contributed by atoms with Crippen LogP contribution in [0.1, 0.15) is 49.4 Å². The van der Waals surface area contributed by atoms with Crippen molar-refractivity contribution in [3.63, 3.8) is 0 Å². The number of carbonyl (C=O) groups is 1. The predicted octanol–water partition coefficient (Wildman–Crippen LogP) is 3.95. The highest BCUT2D eigenvalue weighted by Gasteiger charge is 2.46. The van der Waals surface area contributed by atoms with Crippen molar-refractivity contribution in [2.45, 2.75) is 39.5 Å². The third kappa shape index (κ3) is 2.58. The molecule has 1 aliphatic carbocycles. The molecule has 4 rings (SSSR count). The fourth-order valence-corrected chi connectivity index (χ4v) is 4.27. The molecule has 1 aromatic heterocycles. The van der Waals surface area contributed by atoms with Crippen molar-refractivity contribution in [1.29, 1.82) is 0 Å². The maximum Gasteiger partial charge on any atom is 0.177 e. The van der Waals surface area contributed by atoms with Crippen LogP contribution in [-0.2, 0) is 4.79 Å². The van der Waals surface area contributed by atoms with Gasteiger partial charge < -0.3 is 4.74 Å². The van der Waals surface area contributed by atoms with E-state index in [2.05, 4.69) is 36.2 Å². The fourth-order valence-electron chi connectivity index (χ4n) is 4.27. The molecule has 2 aliphatic rings. The van der Waals surface area contributed by atoms with Gasteiger partial charge in [-0.25, -0.2) is 4.99 Å². The molecule has 2 unspecified atom stereocenters. The van der Waals surface area contributed by atoms with Crippen LogP contribution in [0.25, 0.3) is 0 Å². The van der Waals surface area contributed by atoms with Gasteiger partial charge in [-0.2, -0.15) is 5.10 Å². The molecular formula is C20H23N3O2. The first-order chi connectivity index (χ1) is 11.9. The van der Waals surface area contributed by atoms with Gasteiger partial charge in [-0.3, -0.25) is 9.89 Å². The van der Waals surface area contributed by atoms with Gasteiger partial charge in [-0.1, -0.05) is 26.0 Å². The Balaban J connectivity index is 1.87. The molecule has 130 valence electrons. The minimum atomic E-state index is -0.190. The van der Waals surface area contributed by atoms with E-state index in [-0.39, 0.29) is 23.0 Å². The number of fused-ring (bicyclic) bond motifs is 2. The van der Waals surface area contributed by atoms with Crippen LogP contribution in [0.5, 0.6) is 5.75 Å². The Labute approximate surface area is 147 Å². The van der Waals surface area contributed by atoms with E-state index in [1.807, 2.05) is 19.1 Å². The van der Waals surface area contributed by atoms with Crippen LogP contribution >= 0.6 is 0 Å². The van der Waals surface area contributed by atoms with Gasteiger partial charge >= 0.3 is 0 Å². The van der Waals surface area contributed by atoms with Crippen molar-refractivity contribution in [2.24, 2.45) is 16.3 Å². The smallest absolute Gasteiger partial charge is 0.177 e. The molecule has 0 radical (unpaired) electrons. The summed E-state index contributed by atoms with van der Waals surface area (Å²) < 4.78 is 5.28. The molecule has 5 nitrogen and oxygen atoms in total. The highest BCUT2D eigenvalue weighted by Crippen LogP contribution is 2.49. The molecule has 1 saturated carbocycles. The largest absolute Gasteiger partial charge is 0.497 e. The average molecular weight is 337 g/mol. The van der Waals surface area contributed by atoms with Gasteiger partial charge in [0.05, 0.1) is 13.0 Å². The quantitative estimate of drug-likeness (QED) is 0.902. The van der Waals surface area contributed by atoms with Gasteiger partial charge in [-0.15, -0.1) is 0 Å². The molecule has 5 heteroatoms. The number of carbonyl (C=O) groups excluding carboxylic acids is 1. The van der Waals surface area contributed by atoms with Crippen LogP contribution in [0, 0.1) is 18.3 Å². The Morgan fingerprint density at radius 3 is 2.56 bits per heavy atom. The van der Waals surface area contributed by atoms with E-state index < -0.39 is 0 Å². The van der Waals surface area contributed by atoms with Crippen molar-refractivity contribution in [2.75, 3.05) is 7.11 Å². The molecule has 0 amide bonds. The van der Waals surface area contributed by atoms with Crippen LogP contribution in [-0.4, -0.2) is 28.8 Å². The number of ether oxygens (including phenoxy) is 1. The lowest BCUT2D eigenvalue weighted by atomic mass is 9.64. The first kappa shape index (κ1) is 16.1. The summed E-state index contributed by atoms with van der Waals surface area (Å²) >= 11 is 0. The Kier molecular flexibility index (Phi) is 3.56. The van der Waals surface area contributed by atoms with Crippen molar-refractivity contribution in [1.82, 2.24) is 10.2 Å². The first-order valence-corrected chi connectivity index (χ1v) is 8.68. The summed E-state index contributed by atoms with van der Waals surface area (Å²) in [5, 5.41) is 7.43. The number of Topliss-reactive ketones (excluding diaryl/α,β-unsaturated/α-hetero) is 1. The number of aromatic amines is 1. The summed E-state index contributed by atoms with van der Waals surface area (Å²) in [6.07, 6.45) is 1.43. The second-order valence-corrected chi connectivity index (χ2v) is 7.90. The molecule has 1 fully saturated rings. The van der Waals surface area contributed by atoms with E-state index >= 15 is 0 Å². The summed E-state index contributed by atoms with van der Waals surface area (Å²) in [5.74, 6) is 1.60. The molecule has 0 saturated heterocycles. The molecule has 2 atom stereocenters. The summed E-state index contributed by atoms with van der Waals surface area (Å²) in [6, 6.07) is 8.01. The van der Waals surface area contributed by atoms with Crippen molar-refractivity contribution >= 4 is 17.3 Å². The summed E-state index contributed by atoms with van der Waals surface area (Å²) in [7, 11) is 1.66. The Morgan fingerprint density at radius 2 is 1.88 bits per heavy atom. The normalized spacial score (nSPS) is 24.3. The maximum absolute atomic E-state index is 13.1. The van der Waals surface area contributed by atoms with Gasteiger partial charge in [0.2, 0.25) is 0 Å². The van der Waals surface area contributed by atoms with Gasteiger partial charge in [0.1, 0.15) is 11.5 Å². The molecule has 2 aromatic rings. The topological polar surface area (TPSA) is 67.3 Å². The summed E-state index contributed by atoms with van der Waals surface area (Å²) in [4.78, 5) is 17.8. The number of nitrogens with zero attached hydrogens (tertiary/aromatic N) is 2. The SMILES string of the molecule is COc1ccc(C2c3c(n[nH]c3C)N=C3CC(C)(C)CC(=O)C32)cc1. The van der Waals surface area contributed by atoms with E-state index in [0.29, 0.717) is 6.42 Å². The molecule has 1 aromatic carbocycles. The number of aryl methyl sites for hydroxylation is 1. The Bertz CT molecular complexity index is 862. The zero-order chi connectivity index (χ0) is 17.8. The molecular weight excluding hydrogens is 314 g/mol. The number of aliphatic imine (C=N–C) groups is 1. The second kappa shape index (κ2) is 5.55. The highest BCUT2D eigenvalue weighted by atomic mass is 16.5. The third-order valence-corrected chi connectivity index (χ3v) is 5.36. The minimum Gasteiger partial charge on any atom is -0.497 e. The molecule has 1 N–H and O–H groups in total. The molecule has 2 heterocycles. The standard InChI is InChI=1S/C20H23N3O2/c1-11-16-17(12-5-7-13(25-4)8-6-12)18-14(21-19(16)23-22-11)9-20(2,3)10-15(18)24/h5-8,17-18H,9-10H2,1-4H3,(H,22,23). The van der Waals surface area contributed by atoms with Crippen molar-refractivity contribution in [3.05, 3.63) is 41.1 Å². The third-order valence-electron chi connectivity index (χ3n) is 5.36. The van der Waals surface area contributed by atoms with Crippen LogP contribution in [0.2, 0.25) is 0 Å². The first-order valence-electron chi connectivity index (χ1n) is 8.68. The number of H-pyrrole nitrogens is 1. The average Bonchev–Trinajstić information content (AvgIpc) is 2.93. The van der Waals surface area contributed by atoms with E-state index in [1.54, 1.807) is 7.11 Å². The van der Waals surface area contributed by atoms with Gasteiger partial charge in [0.25, 0.3) is 0 Å². The lowest BCUT2D eigenvalue weighted by Gasteiger charge is -2.40. The van der Waals surface area contributed by atoms with Gasteiger partial charge in [0, 0.05) is 29.3 Å². The Morgan fingerprint density at radius 1 is 1.16 bits per heavy atom. The second-order valence-electron chi connectivity index (χ2n) is 7.90. The molecule has 1 aliphatic heterocycles. The summed E-state index contributed by atoms with van der Waals surface area (Å²) in [6.45, 7) is 6.27. The molecule has 25 heavy (non-hydrogen) atoms. The monoisotopic (exact) mass is 337 g/mol. The number of methoxy groups -OCH3 is 1. The van der Waals surface area contributed by atoms with Gasteiger partial charge in [0.15, 0.2) is 5.82 Å². The van der Waals surface area contributed by atoms with Crippen LogP contribution in [0.3, 0.4) is 0 Å². The number of nitrogens with one attached hydrogen (secondary N) is 1. The number of rotatable bonds is 2.